The Labute approximate surface area is 147 Å². The van der Waals surface area contributed by atoms with Crippen LogP contribution in [0.25, 0.3) is 0 Å². The van der Waals surface area contributed by atoms with Gasteiger partial charge in [-0.05, 0) is 42.7 Å². The summed E-state index contributed by atoms with van der Waals surface area (Å²) < 4.78 is 0. The van der Waals surface area contributed by atoms with Crippen LogP contribution < -0.4 is 10.6 Å². The van der Waals surface area contributed by atoms with Gasteiger partial charge in [-0.25, -0.2) is 9.97 Å². The van der Waals surface area contributed by atoms with Crippen LogP contribution in [-0.2, 0) is 6.54 Å². The van der Waals surface area contributed by atoms with E-state index in [1.165, 1.54) is 23.5 Å². The lowest BCUT2D eigenvalue weighted by atomic mass is 10.1. The van der Waals surface area contributed by atoms with E-state index in [4.69, 9.17) is 0 Å². The van der Waals surface area contributed by atoms with Gasteiger partial charge in [0, 0.05) is 24.6 Å². The van der Waals surface area contributed by atoms with E-state index in [1.807, 2.05) is 56.3 Å². The van der Waals surface area contributed by atoms with E-state index in [0.29, 0.717) is 18.1 Å². The minimum Gasteiger partial charge on any atom is -0.348 e. The molecule has 1 amide bonds. The van der Waals surface area contributed by atoms with Gasteiger partial charge < -0.3 is 10.6 Å². The van der Waals surface area contributed by atoms with Gasteiger partial charge in [-0.3, -0.25) is 4.79 Å². The SMILES string of the molecule is Cc1cc(C)cc(Nc2ncc(C(=O)NCc3ccccc3)cn2)c1. The maximum Gasteiger partial charge on any atom is 0.254 e. The zero-order chi connectivity index (χ0) is 17.6. The molecule has 3 rings (SSSR count). The van der Waals surface area contributed by atoms with Crippen molar-refractivity contribution < 1.29 is 4.79 Å². The topological polar surface area (TPSA) is 66.9 Å². The van der Waals surface area contributed by atoms with Crippen LogP contribution in [0.2, 0.25) is 0 Å². The average Bonchev–Trinajstić information content (AvgIpc) is 2.60. The van der Waals surface area contributed by atoms with Crippen LogP contribution in [0.4, 0.5) is 11.6 Å². The number of nitrogens with one attached hydrogen (secondary N) is 2. The first-order valence-electron chi connectivity index (χ1n) is 8.09. The molecular weight excluding hydrogens is 312 g/mol. The van der Waals surface area contributed by atoms with Crippen molar-refractivity contribution in [1.29, 1.82) is 0 Å². The molecule has 0 unspecified atom stereocenters. The number of amides is 1. The van der Waals surface area contributed by atoms with Gasteiger partial charge >= 0.3 is 0 Å². The summed E-state index contributed by atoms with van der Waals surface area (Å²) in [5, 5.41) is 6.02. The third-order valence-corrected chi connectivity index (χ3v) is 3.69. The molecule has 0 atom stereocenters. The summed E-state index contributed by atoms with van der Waals surface area (Å²) in [6.45, 7) is 4.56. The largest absolute Gasteiger partial charge is 0.348 e. The maximum absolute atomic E-state index is 12.2. The monoisotopic (exact) mass is 332 g/mol. The number of aryl methyl sites for hydroxylation is 2. The lowest BCUT2D eigenvalue weighted by Crippen LogP contribution is -2.23. The molecule has 0 saturated carbocycles. The van der Waals surface area contributed by atoms with E-state index in [1.54, 1.807) is 0 Å². The van der Waals surface area contributed by atoms with Crippen molar-refractivity contribution in [2.24, 2.45) is 0 Å². The summed E-state index contributed by atoms with van der Waals surface area (Å²) in [6.07, 6.45) is 3.05. The van der Waals surface area contributed by atoms with Gasteiger partial charge in [-0.15, -0.1) is 0 Å². The Morgan fingerprint density at radius 3 is 2.24 bits per heavy atom. The minimum absolute atomic E-state index is 0.193. The summed E-state index contributed by atoms with van der Waals surface area (Å²) in [6, 6.07) is 15.9. The van der Waals surface area contributed by atoms with Gasteiger partial charge in [0.2, 0.25) is 5.95 Å². The second kappa shape index (κ2) is 7.57. The average molecular weight is 332 g/mol. The van der Waals surface area contributed by atoms with Crippen molar-refractivity contribution in [2.75, 3.05) is 5.32 Å². The van der Waals surface area contributed by atoms with Crippen LogP contribution in [0, 0.1) is 13.8 Å². The normalized spacial score (nSPS) is 10.3. The fraction of sp³-hybridized carbons (Fsp3) is 0.150. The summed E-state index contributed by atoms with van der Waals surface area (Å²) in [5.41, 5.74) is 4.74. The Morgan fingerprint density at radius 1 is 0.960 bits per heavy atom. The number of carbonyl (C=O) groups is 1. The summed E-state index contributed by atoms with van der Waals surface area (Å²) in [5.74, 6) is 0.270. The van der Waals surface area contributed by atoms with Gasteiger partial charge in [0.25, 0.3) is 5.91 Å². The van der Waals surface area contributed by atoms with E-state index in [2.05, 4.69) is 26.7 Å². The third kappa shape index (κ3) is 4.64. The number of nitrogens with zero attached hydrogens (tertiary/aromatic N) is 2. The van der Waals surface area contributed by atoms with Crippen molar-refractivity contribution >= 4 is 17.5 Å². The van der Waals surface area contributed by atoms with Crippen LogP contribution in [-0.4, -0.2) is 15.9 Å². The molecule has 0 radical (unpaired) electrons. The standard InChI is InChI=1S/C20H20N4O/c1-14-8-15(2)10-18(9-14)24-20-22-12-17(13-23-20)19(25)21-11-16-6-4-3-5-7-16/h3-10,12-13H,11H2,1-2H3,(H,21,25)(H,22,23,24). The van der Waals surface area contributed by atoms with E-state index in [0.717, 1.165) is 11.3 Å². The molecule has 0 aliphatic heterocycles. The second-order valence-electron chi connectivity index (χ2n) is 5.97. The predicted octanol–water partition coefficient (Wildman–Crippen LogP) is 3.77. The molecule has 0 saturated heterocycles. The smallest absolute Gasteiger partial charge is 0.254 e. The van der Waals surface area contributed by atoms with Gasteiger partial charge in [0.05, 0.1) is 5.56 Å². The Morgan fingerprint density at radius 2 is 1.60 bits per heavy atom. The predicted molar refractivity (Wildman–Crippen MR) is 98.8 cm³/mol. The number of hydrogen-bond acceptors (Lipinski definition) is 4. The summed E-state index contributed by atoms with van der Waals surface area (Å²) in [7, 11) is 0. The Hall–Kier alpha value is -3.21. The molecule has 3 aromatic rings. The molecule has 2 aromatic carbocycles. The van der Waals surface area contributed by atoms with Crippen LogP contribution in [0.5, 0.6) is 0 Å². The molecule has 0 aliphatic carbocycles. The highest BCUT2D eigenvalue weighted by atomic mass is 16.1. The van der Waals surface area contributed by atoms with Crippen LogP contribution in [0.3, 0.4) is 0 Å². The zero-order valence-corrected chi connectivity index (χ0v) is 14.3. The fourth-order valence-corrected chi connectivity index (χ4v) is 2.57. The number of aromatic nitrogens is 2. The molecule has 2 N–H and O–H groups in total. The van der Waals surface area contributed by atoms with Gasteiger partial charge in [-0.2, -0.15) is 0 Å². The first-order chi connectivity index (χ1) is 12.1. The Balaban J connectivity index is 1.62. The van der Waals surface area contributed by atoms with E-state index >= 15 is 0 Å². The molecular formula is C20H20N4O. The van der Waals surface area contributed by atoms with Crippen LogP contribution in [0.1, 0.15) is 27.0 Å². The van der Waals surface area contributed by atoms with Gasteiger partial charge in [0.1, 0.15) is 0 Å². The number of hydrogen-bond donors (Lipinski definition) is 2. The zero-order valence-electron chi connectivity index (χ0n) is 14.3. The van der Waals surface area contributed by atoms with Crippen molar-refractivity contribution in [3.05, 3.63) is 83.2 Å². The second-order valence-corrected chi connectivity index (χ2v) is 5.97. The van der Waals surface area contributed by atoms with Crippen LogP contribution in [0.15, 0.2) is 60.9 Å². The first-order valence-corrected chi connectivity index (χ1v) is 8.09. The molecule has 25 heavy (non-hydrogen) atoms. The van der Waals surface area contributed by atoms with E-state index < -0.39 is 0 Å². The molecule has 126 valence electrons. The van der Waals surface area contributed by atoms with Crippen molar-refractivity contribution in [3.8, 4) is 0 Å². The molecule has 0 bridgehead atoms. The highest BCUT2D eigenvalue weighted by Crippen LogP contribution is 2.17. The molecule has 1 heterocycles. The molecule has 0 fully saturated rings. The van der Waals surface area contributed by atoms with E-state index in [9.17, 15) is 4.79 Å². The Kier molecular flexibility index (Phi) is 5.04. The lowest BCUT2D eigenvalue weighted by molar-refractivity contribution is 0.0950. The Bertz CT molecular complexity index is 840. The quantitative estimate of drug-likeness (QED) is 0.746. The molecule has 0 spiro atoms. The molecule has 1 aromatic heterocycles. The molecule has 5 nitrogen and oxygen atoms in total. The number of carbonyl (C=O) groups excluding carboxylic acids is 1. The minimum atomic E-state index is -0.193. The van der Waals surface area contributed by atoms with Gasteiger partial charge in [0.15, 0.2) is 0 Å². The lowest BCUT2D eigenvalue weighted by Gasteiger charge is -2.08. The van der Waals surface area contributed by atoms with Crippen molar-refractivity contribution in [1.82, 2.24) is 15.3 Å². The van der Waals surface area contributed by atoms with Crippen LogP contribution >= 0.6 is 0 Å². The highest BCUT2D eigenvalue weighted by Gasteiger charge is 2.07. The number of anilines is 2. The molecule has 5 heteroatoms. The number of rotatable bonds is 5. The number of benzene rings is 2. The third-order valence-electron chi connectivity index (χ3n) is 3.69. The highest BCUT2D eigenvalue weighted by molar-refractivity contribution is 5.93. The summed E-state index contributed by atoms with van der Waals surface area (Å²) >= 11 is 0. The molecule has 0 aliphatic rings. The summed E-state index contributed by atoms with van der Waals surface area (Å²) in [4.78, 5) is 20.6. The van der Waals surface area contributed by atoms with Crippen molar-refractivity contribution in [3.63, 3.8) is 0 Å². The maximum atomic E-state index is 12.2. The van der Waals surface area contributed by atoms with E-state index in [-0.39, 0.29) is 5.91 Å². The first kappa shape index (κ1) is 16.6. The van der Waals surface area contributed by atoms with Gasteiger partial charge in [-0.1, -0.05) is 36.4 Å². The van der Waals surface area contributed by atoms with Crippen molar-refractivity contribution in [2.45, 2.75) is 20.4 Å². The fourth-order valence-electron chi connectivity index (χ4n) is 2.57.